The summed E-state index contributed by atoms with van der Waals surface area (Å²) in [5.41, 5.74) is 1.04. The number of fused-ring (bicyclic) bond motifs is 1. The van der Waals surface area contributed by atoms with Crippen molar-refractivity contribution in [2.24, 2.45) is 0 Å². The summed E-state index contributed by atoms with van der Waals surface area (Å²) in [6.45, 7) is 10.6. The zero-order valence-corrected chi connectivity index (χ0v) is 15.7. The molecule has 0 spiro atoms. The molecule has 136 valence electrons. The van der Waals surface area contributed by atoms with Crippen LogP contribution in [0, 0.1) is 0 Å². The SMILES string of the molecule is CCCN(CCC)C(=O)c1nc(C(=O)N(CC)CC)n2ccccc12. The highest BCUT2D eigenvalue weighted by atomic mass is 16.2. The fourth-order valence-corrected chi connectivity index (χ4v) is 3.00. The first-order chi connectivity index (χ1) is 12.1. The van der Waals surface area contributed by atoms with Crippen LogP contribution in [0.25, 0.3) is 5.52 Å². The molecule has 2 rings (SSSR count). The van der Waals surface area contributed by atoms with Gasteiger partial charge in [-0.15, -0.1) is 0 Å². The highest BCUT2D eigenvalue weighted by molar-refractivity contribution is 6.02. The lowest BCUT2D eigenvalue weighted by atomic mass is 10.2. The van der Waals surface area contributed by atoms with Gasteiger partial charge in [-0.1, -0.05) is 19.9 Å². The fourth-order valence-electron chi connectivity index (χ4n) is 3.00. The van der Waals surface area contributed by atoms with Crippen LogP contribution in [0.3, 0.4) is 0 Å². The topological polar surface area (TPSA) is 57.9 Å². The molecule has 0 aliphatic heterocycles. The van der Waals surface area contributed by atoms with E-state index in [1.807, 2.05) is 36.9 Å². The normalized spacial score (nSPS) is 10.9. The van der Waals surface area contributed by atoms with Crippen LogP contribution in [0.5, 0.6) is 0 Å². The molecule has 2 heterocycles. The summed E-state index contributed by atoms with van der Waals surface area (Å²) in [7, 11) is 0. The number of hydrogen-bond donors (Lipinski definition) is 0. The van der Waals surface area contributed by atoms with Crippen molar-refractivity contribution in [1.29, 1.82) is 0 Å². The van der Waals surface area contributed by atoms with E-state index in [2.05, 4.69) is 18.8 Å². The van der Waals surface area contributed by atoms with E-state index in [0.29, 0.717) is 43.2 Å². The van der Waals surface area contributed by atoms with E-state index in [4.69, 9.17) is 0 Å². The Hall–Kier alpha value is -2.37. The molecular formula is C19H28N4O2. The van der Waals surface area contributed by atoms with Crippen LogP contribution < -0.4 is 0 Å². The molecule has 0 aliphatic carbocycles. The van der Waals surface area contributed by atoms with Crippen molar-refractivity contribution in [3.63, 3.8) is 0 Å². The first kappa shape index (κ1) is 19.0. The molecule has 0 aliphatic rings. The highest BCUT2D eigenvalue weighted by Gasteiger charge is 2.26. The lowest BCUT2D eigenvalue weighted by molar-refractivity contribution is 0.0751. The second-order valence-corrected chi connectivity index (χ2v) is 6.01. The Labute approximate surface area is 149 Å². The lowest BCUT2D eigenvalue weighted by Gasteiger charge is -2.20. The third-order valence-corrected chi connectivity index (χ3v) is 4.27. The van der Waals surface area contributed by atoms with Gasteiger partial charge in [-0.25, -0.2) is 4.98 Å². The average Bonchev–Trinajstić information content (AvgIpc) is 3.01. The van der Waals surface area contributed by atoms with Gasteiger partial charge in [-0.2, -0.15) is 0 Å². The molecule has 6 nitrogen and oxygen atoms in total. The Morgan fingerprint density at radius 3 is 2.16 bits per heavy atom. The number of aromatic nitrogens is 2. The third-order valence-electron chi connectivity index (χ3n) is 4.27. The summed E-state index contributed by atoms with van der Waals surface area (Å²) >= 11 is 0. The van der Waals surface area contributed by atoms with Crippen LogP contribution in [-0.2, 0) is 0 Å². The minimum absolute atomic E-state index is 0.106. The molecule has 2 amide bonds. The van der Waals surface area contributed by atoms with Crippen LogP contribution in [0.2, 0.25) is 0 Å². The first-order valence-corrected chi connectivity index (χ1v) is 9.14. The molecule has 0 radical (unpaired) electrons. The number of carbonyl (C=O) groups excluding carboxylic acids is 2. The maximum absolute atomic E-state index is 13.0. The van der Waals surface area contributed by atoms with E-state index in [1.165, 1.54) is 0 Å². The van der Waals surface area contributed by atoms with E-state index in [9.17, 15) is 9.59 Å². The van der Waals surface area contributed by atoms with Gasteiger partial charge in [0, 0.05) is 32.4 Å². The molecule has 0 N–H and O–H groups in total. The van der Waals surface area contributed by atoms with E-state index >= 15 is 0 Å². The van der Waals surface area contributed by atoms with Crippen molar-refractivity contribution >= 4 is 17.3 Å². The van der Waals surface area contributed by atoms with Crippen LogP contribution >= 0.6 is 0 Å². The average molecular weight is 344 g/mol. The summed E-state index contributed by atoms with van der Waals surface area (Å²) in [4.78, 5) is 33.8. The van der Waals surface area contributed by atoms with Crippen LogP contribution in [0.1, 0.15) is 61.6 Å². The van der Waals surface area contributed by atoms with E-state index in [1.54, 1.807) is 15.5 Å². The van der Waals surface area contributed by atoms with Crippen molar-refractivity contribution in [2.75, 3.05) is 26.2 Å². The standard InChI is InChI=1S/C19H28N4O2/c1-5-12-22(13-6-2)18(24)16-15-11-9-10-14-23(15)17(20-16)19(25)21(7-3)8-4/h9-11,14H,5-8,12-13H2,1-4H3. The molecule has 0 fully saturated rings. The number of imidazole rings is 1. The first-order valence-electron chi connectivity index (χ1n) is 9.14. The summed E-state index contributed by atoms with van der Waals surface area (Å²) in [5.74, 6) is 0.0457. The summed E-state index contributed by atoms with van der Waals surface area (Å²) < 4.78 is 1.73. The van der Waals surface area contributed by atoms with E-state index in [-0.39, 0.29) is 11.8 Å². The predicted octanol–water partition coefficient (Wildman–Crippen LogP) is 3.08. The van der Waals surface area contributed by atoms with Crippen molar-refractivity contribution in [1.82, 2.24) is 19.2 Å². The summed E-state index contributed by atoms with van der Waals surface area (Å²) in [5, 5.41) is 0. The largest absolute Gasteiger partial charge is 0.337 e. The van der Waals surface area contributed by atoms with Gasteiger partial charge in [0.2, 0.25) is 5.82 Å². The summed E-state index contributed by atoms with van der Waals surface area (Å²) in [6.07, 6.45) is 3.57. The van der Waals surface area contributed by atoms with Crippen molar-refractivity contribution < 1.29 is 9.59 Å². The van der Waals surface area contributed by atoms with Gasteiger partial charge >= 0.3 is 0 Å². The molecule has 0 unspecified atom stereocenters. The minimum atomic E-state index is -0.150. The molecule has 0 saturated carbocycles. The Bertz CT molecular complexity index is 728. The third kappa shape index (κ3) is 3.83. The number of pyridine rings is 1. The Balaban J connectivity index is 2.51. The lowest BCUT2D eigenvalue weighted by Crippen LogP contribution is -2.33. The fraction of sp³-hybridized carbons (Fsp3) is 0.526. The maximum Gasteiger partial charge on any atom is 0.290 e. The quantitative estimate of drug-likeness (QED) is 0.739. The smallest absolute Gasteiger partial charge is 0.290 e. The highest BCUT2D eigenvalue weighted by Crippen LogP contribution is 2.17. The molecular weight excluding hydrogens is 316 g/mol. The van der Waals surface area contributed by atoms with Crippen LogP contribution in [0.15, 0.2) is 24.4 Å². The minimum Gasteiger partial charge on any atom is -0.337 e. The molecule has 0 saturated heterocycles. The number of amides is 2. The summed E-state index contributed by atoms with van der Waals surface area (Å²) in [6, 6.07) is 5.55. The maximum atomic E-state index is 13.0. The van der Waals surface area contributed by atoms with E-state index in [0.717, 1.165) is 12.8 Å². The molecule has 2 aromatic heterocycles. The zero-order valence-electron chi connectivity index (χ0n) is 15.7. The number of carbonyl (C=O) groups is 2. The molecule has 0 atom stereocenters. The van der Waals surface area contributed by atoms with Crippen molar-refractivity contribution in [3.8, 4) is 0 Å². The van der Waals surface area contributed by atoms with E-state index < -0.39 is 0 Å². The number of rotatable bonds is 8. The number of nitrogens with zero attached hydrogens (tertiary/aromatic N) is 4. The monoisotopic (exact) mass is 344 g/mol. The van der Waals surface area contributed by atoms with Gasteiger partial charge in [-0.05, 0) is 38.8 Å². The van der Waals surface area contributed by atoms with Crippen LogP contribution in [-0.4, -0.2) is 57.2 Å². The molecule has 0 bridgehead atoms. The van der Waals surface area contributed by atoms with Gasteiger partial charge < -0.3 is 9.80 Å². The van der Waals surface area contributed by atoms with Gasteiger partial charge in [0.05, 0.1) is 5.52 Å². The molecule has 6 heteroatoms. The Morgan fingerprint density at radius 2 is 1.60 bits per heavy atom. The Morgan fingerprint density at radius 1 is 0.960 bits per heavy atom. The second-order valence-electron chi connectivity index (χ2n) is 6.01. The van der Waals surface area contributed by atoms with Crippen molar-refractivity contribution in [2.45, 2.75) is 40.5 Å². The van der Waals surface area contributed by atoms with Crippen LogP contribution in [0.4, 0.5) is 0 Å². The molecule has 2 aromatic rings. The zero-order chi connectivity index (χ0) is 18.4. The van der Waals surface area contributed by atoms with Gasteiger partial charge in [0.25, 0.3) is 11.8 Å². The second kappa shape index (κ2) is 8.65. The molecule has 25 heavy (non-hydrogen) atoms. The molecule has 0 aromatic carbocycles. The van der Waals surface area contributed by atoms with Gasteiger partial charge in [0.15, 0.2) is 5.69 Å². The number of hydrogen-bond acceptors (Lipinski definition) is 3. The Kier molecular flexibility index (Phi) is 6.56. The van der Waals surface area contributed by atoms with Crippen molar-refractivity contribution in [3.05, 3.63) is 35.9 Å². The van der Waals surface area contributed by atoms with Gasteiger partial charge in [-0.3, -0.25) is 14.0 Å². The predicted molar refractivity (Wildman–Crippen MR) is 98.9 cm³/mol. The van der Waals surface area contributed by atoms with Gasteiger partial charge in [0.1, 0.15) is 0 Å².